The van der Waals surface area contributed by atoms with E-state index in [4.69, 9.17) is 13.7 Å². The van der Waals surface area contributed by atoms with E-state index in [1.54, 1.807) is 0 Å². The first-order valence-electron chi connectivity index (χ1n) is 8.61. The van der Waals surface area contributed by atoms with Crippen molar-refractivity contribution in [3.05, 3.63) is 78.1 Å². The van der Waals surface area contributed by atoms with Crippen LogP contribution in [0.15, 0.2) is 60.7 Å². The lowest BCUT2D eigenvalue weighted by molar-refractivity contribution is 0.304. The molecule has 2 N–H and O–H groups in total. The summed E-state index contributed by atoms with van der Waals surface area (Å²) >= 11 is 0. The molecule has 1 aliphatic rings. The average Bonchev–Trinajstić information content (AvgIpc) is 2.68. The van der Waals surface area contributed by atoms with Crippen LogP contribution >= 0.6 is 0 Å². The van der Waals surface area contributed by atoms with Crippen LogP contribution < -0.4 is 16.4 Å². The minimum atomic E-state index is -1.57. The van der Waals surface area contributed by atoms with Gasteiger partial charge in [0, 0.05) is 5.46 Å². The van der Waals surface area contributed by atoms with Crippen LogP contribution in [0.25, 0.3) is 0 Å². The van der Waals surface area contributed by atoms with E-state index in [1.165, 1.54) is 48.5 Å². The summed E-state index contributed by atoms with van der Waals surface area (Å²) < 4.78 is 59.6. The number of hydrogen-bond acceptors (Lipinski definition) is 5. The molecule has 4 rings (SSSR count). The third kappa shape index (κ3) is 3.72. The molecule has 1 fully saturated rings. The van der Waals surface area contributed by atoms with Crippen molar-refractivity contribution in [1.82, 2.24) is 0 Å². The molecule has 5 nitrogen and oxygen atoms in total. The molecule has 0 spiro atoms. The Balaban J connectivity index is 1.80. The molecule has 0 atom stereocenters. The van der Waals surface area contributed by atoms with Crippen LogP contribution in [0.2, 0.25) is 0 Å². The third-order valence-electron chi connectivity index (χ3n) is 4.43. The smallest absolute Gasteiger partial charge is 0.473 e. The molecule has 0 aromatic heterocycles. The van der Waals surface area contributed by atoms with Crippen LogP contribution in [-0.4, -0.2) is 31.6 Å². The van der Waals surface area contributed by atoms with Crippen molar-refractivity contribution in [3.8, 4) is 11.5 Å². The molecule has 3 aromatic carbocycles. The van der Waals surface area contributed by atoms with Crippen LogP contribution in [-0.2, 0) is 13.7 Å². The summed E-state index contributed by atoms with van der Waals surface area (Å²) in [6.45, 7) is 0. The van der Waals surface area contributed by atoms with Gasteiger partial charge in [-0.25, -0.2) is 13.2 Å². The van der Waals surface area contributed by atoms with Crippen molar-refractivity contribution >= 4 is 37.7 Å². The zero-order chi connectivity index (χ0) is 20.5. The summed E-state index contributed by atoms with van der Waals surface area (Å²) in [5.74, 6) is -3.31. The van der Waals surface area contributed by atoms with E-state index in [0.717, 1.165) is 12.1 Å². The number of phenols is 2. The summed E-state index contributed by atoms with van der Waals surface area (Å²) in [6.07, 6.45) is 0. The quantitative estimate of drug-likeness (QED) is 0.647. The lowest BCUT2D eigenvalue weighted by Crippen LogP contribution is -2.62. The summed E-state index contributed by atoms with van der Waals surface area (Å²) in [5, 5.41) is 20.2. The van der Waals surface area contributed by atoms with Crippen LogP contribution in [0.5, 0.6) is 11.5 Å². The topological polar surface area (TPSA) is 68.2 Å². The summed E-state index contributed by atoms with van der Waals surface area (Å²) in [4.78, 5) is 0. The Bertz CT molecular complexity index is 955. The highest BCUT2D eigenvalue weighted by Gasteiger charge is 2.47. The predicted molar refractivity (Wildman–Crippen MR) is 102 cm³/mol. The molecule has 144 valence electrons. The largest absolute Gasteiger partial charge is 0.508 e. The summed E-state index contributed by atoms with van der Waals surface area (Å²) in [7, 11) is -4.57. The highest BCUT2D eigenvalue weighted by Crippen LogP contribution is 2.19. The fraction of sp³-hybridized carbons (Fsp3) is 0. The molecule has 3 aromatic rings. The van der Waals surface area contributed by atoms with E-state index in [1.807, 2.05) is 0 Å². The van der Waals surface area contributed by atoms with Crippen molar-refractivity contribution in [3.63, 3.8) is 0 Å². The molecule has 0 unspecified atom stereocenters. The van der Waals surface area contributed by atoms with Gasteiger partial charge in [-0.1, -0.05) is 30.3 Å². The first-order valence-corrected chi connectivity index (χ1v) is 8.61. The van der Waals surface area contributed by atoms with Crippen molar-refractivity contribution in [2.24, 2.45) is 0 Å². The second-order valence-electron chi connectivity index (χ2n) is 6.27. The van der Waals surface area contributed by atoms with E-state index < -0.39 is 50.3 Å². The minimum absolute atomic E-state index is 0.0440. The highest BCUT2D eigenvalue weighted by atomic mass is 19.1. The van der Waals surface area contributed by atoms with Gasteiger partial charge in [-0.15, -0.1) is 0 Å². The lowest BCUT2D eigenvalue weighted by atomic mass is 9.61. The monoisotopic (exact) mass is 398 g/mol. The average molecular weight is 398 g/mol. The van der Waals surface area contributed by atoms with Crippen molar-refractivity contribution in [2.75, 3.05) is 0 Å². The molecule has 29 heavy (non-hydrogen) atoms. The Morgan fingerprint density at radius 3 is 1.48 bits per heavy atom. The number of halogens is 3. The van der Waals surface area contributed by atoms with Gasteiger partial charge >= 0.3 is 21.4 Å². The second-order valence-corrected chi connectivity index (χ2v) is 6.27. The van der Waals surface area contributed by atoms with Gasteiger partial charge in [-0.05, 0) is 30.3 Å². The number of benzene rings is 3. The summed E-state index contributed by atoms with van der Waals surface area (Å²) in [6, 6.07) is 12.7. The molecule has 0 radical (unpaired) electrons. The Labute approximate surface area is 165 Å². The minimum Gasteiger partial charge on any atom is -0.508 e. The van der Waals surface area contributed by atoms with E-state index in [0.29, 0.717) is 0 Å². The Morgan fingerprint density at radius 1 is 0.552 bits per heavy atom. The van der Waals surface area contributed by atoms with Crippen molar-refractivity contribution in [1.29, 1.82) is 0 Å². The maximum atomic E-state index is 14.4. The maximum Gasteiger partial charge on any atom is 0.473 e. The fourth-order valence-corrected chi connectivity index (χ4v) is 3.04. The van der Waals surface area contributed by atoms with E-state index in [-0.39, 0.29) is 16.4 Å². The Morgan fingerprint density at radius 2 is 1.00 bits per heavy atom. The Hall–Kier alpha value is -2.88. The van der Waals surface area contributed by atoms with Gasteiger partial charge < -0.3 is 23.9 Å². The third-order valence-corrected chi connectivity index (χ3v) is 4.43. The van der Waals surface area contributed by atoms with Crippen LogP contribution in [0.4, 0.5) is 13.2 Å². The van der Waals surface area contributed by atoms with Gasteiger partial charge in [0.2, 0.25) is 0 Å². The fourth-order valence-electron chi connectivity index (χ4n) is 3.04. The lowest BCUT2D eigenvalue weighted by Gasteiger charge is -2.32. The molecule has 1 heterocycles. The van der Waals surface area contributed by atoms with E-state index >= 15 is 0 Å². The predicted octanol–water partition coefficient (Wildman–Crippen LogP) is 1.06. The maximum absolute atomic E-state index is 14.4. The SMILES string of the molecule is Oc1cccc(F)c1B1OB(c2ccccc2F)OB(c2c(O)cccc2F)O1. The molecule has 0 amide bonds. The molecule has 0 bridgehead atoms. The standard InChI is InChI=1S/C18H12B3F3O5/c22-12-6-2-1-5-11(12)19-27-20(17-13(23)7-3-9-15(17)25)29-21(28-19)18-14(24)8-4-10-16(18)26/h1-10,25-26H. The normalized spacial score (nSPS) is 14.4. The number of phenolic OH excluding ortho intramolecular Hbond substituents is 2. The summed E-state index contributed by atoms with van der Waals surface area (Å²) in [5.41, 5.74) is -0.770. The van der Waals surface area contributed by atoms with Crippen molar-refractivity contribution < 1.29 is 37.1 Å². The zero-order valence-corrected chi connectivity index (χ0v) is 14.8. The van der Waals surface area contributed by atoms with Crippen LogP contribution in [0.1, 0.15) is 0 Å². The van der Waals surface area contributed by atoms with E-state index in [2.05, 4.69) is 0 Å². The van der Waals surface area contributed by atoms with Crippen molar-refractivity contribution in [2.45, 2.75) is 0 Å². The molecular weight excluding hydrogens is 386 g/mol. The van der Waals surface area contributed by atoms with Gasteiger partial charge in [0.05, 0.1) is 10.9 Å². The van der Waals surface area contributed by atoms with Gasteiger partial charge in [0.15, 0.2) is 0 Å². The zero-order valence-electron chi connectivity index (χ0n) is 14.8. The number of rotatable bonds is 3. The van der Waals surface area contributed by atoms with Crippen LogP contribution in [0.3, 0.4) is 0 Å². The molecule has 0 aliphatic carbocycles. The van der Waals surface area contributed by atoms with Gasteiger partial charge in [0.25, 0.3) is 0 Å². The molecule has 11 heteroatoms. The molecule has 1 saturated heterocycles. The molecular formula is C18H12B3F3O5. The van der Waals surface area contributed by atoms with Crippen LogP contribution in [0, 0.1) is 17.5 Å². The molecule has 1 aliphatic heterocycles. The van der Waals surface area contributed by atoms with Gasteiger partial charge in [0.1, 0.15) is 29.0 Å². The molecule has 0 saturated carbocycles. The van der Waals surface area contributed by atoms with Gasteiger partial charge in [-0.2, -0.15) is 0 Å². The number of hydrogen-bond donors (Lipinski definition) is 2. The Kier molecular flexibility index (Phi) is 5.27. The highest BCUT2D eigenvalue weighted by molar-refractivity contribution is 6.87. The second kappa shape index (κ2) is 7.86. The van der Waals surface area contributed by atoms with Gasteiger partial charge in [-0.3, -0.25) is 0 Å². The van der Waals surface area contributed by atoms with E-state index in [9.17, 15) is 23.4 Å². The first kappa shape index (κ1) is 19.4. The number of aromatic hydroxyl groups is 2. The first-order chi connectivity index (χ1) is 14.0.